The van der Waals surface area contributed by atoms with E-state index in [1.165, 1.54) is 11.3 Å². The molecule has 0 aliphatic heterocycles. The fourth-order valence-electron chi connectivity index (χ4n) is 2.36. The second-order valence-corrected chi connectivity index (χ2v) is 6.54. The van der Waals surface area contributed by atoms with Gasteiger partial charge in [0.25, 0.3) is 0 Å². The summed E-state index contributed by atoms with van der Waals surface area (Å²) in [5.41, 5.74) is 2.25. The van der Waals surface area contributed by atoms with Gasteiger partial charge in [-0.2, -0.15) is 0 Å². The smallest absolute Gasteiger partial charge is 0.230 e. The summed E-state index contributed by atoms with van der Waals surface area (Å²) >= 11 is 7.68. The summed E-state index contributed by atoms with van der Waals surface area (Å²) in [6.45, 7) is 2.45. The van der Waals surface area contributed by atoms with Crippen LogP contribution in [0.3, 0.4) is 0 Å². The Balaban J connectivity index is 1.69. The average molecular weight is 373 g/mol. The lowest BCUT2D eigenvalue weighted by Crippen LogP contribution is -2.15. The number of benzene rings is 2. The molecule has 0 aliphatic carbocycles. The van der Waals surface area contributed by atoms with Crippen LogP contribution < -0.4 is 10.1 Å². The normalized spacial score (nSPS) is 10.5. The van der Waals surface area contributed by atoms with Crippen LogP contribution in [0.25, 0.3) is 10.6 Å². The van der Waals surface area contributed by atoms with Gasteiger partial charge in [-0.25, -0.2) is 4.98 Å². The van der Waals surface area contributed by atoms with Gasteiger partial charge in [0, 0.05) is 10.9 Å². The molecule has 0 bridgehead atoms. The topological polar surface area (TPSA) is 51.2 Å². The zero-order valence-corrected chi connectivity index (χ0v) is 15.2. The van der Waals surface area contributed by atoms with Gasteiger partial charge >= 0.3 is 0 Å². The van der Waals surface area contributed by atoms with Crippen molar-refractivity contribution in [2.75, 3.05) is 11.9 Å². The van der Waals surface area contributed by atoms with Gasteiger partial charge in [-0.05, 0) is 25.1 Å². The van der Waals surface area contributed by atoms with E-state index in [9.17, 15) is 4.79 Å². The highest BCUT2D eigenvalue weighted by Crippen LogP contribution is 2.30. The molecule has 1 aromatic heterocycles. The van der Waals surface area contributed by atoms with Crippen LogP contribution >= 0.6 is 22.9 Å². The van der Waals surface area contributed by atoms with Gasteiger partial charge in [0.15, 0.2) is 0 Å². The first kappa shape index (κ1) is 17.5. The molecule has 0 saturated carbocycles. The van der Waals surface area contributed by atoms with Crippen molar-refractivity contribution in [1.29, 1.82) is 0 Å². The predicted molar refractivity (Wildman–Crippen MR) is 103 cm³/mol. The van der Waals surface area contributed by atoms with Crippen molar-refractivity contribution >= 4 is 34.5 Å². The van der Waals surface area contributed by atoms with Crippen LogP contribution in [0.5, 0.6) is 5.75 Å². The summed E-state index contributed by atoms with van der Waals surface area (Å²) < 4.78 is 5.52. The summed E-state index contributed by atoms with van der Waals surface area (Å²) in [6, 6.07) is 14.9. The third-order valence-corrected chi connectivity index (χ3v) is 4.71. The van der Waals surface area contributed by atoms with Gasteiger partial charge in [-0.3, -0.25) is 4.79 Å². The number of rotatable bonds is 6. The predicted octanol–water partition coefficient (Wildman–Crippen LogP) is 5.04. The van der Waals surface area contributed by atoms with Crippen LogP contribution in [0.4, 0.5) is 5.69 Å². The molecule has 0 atom stereocenters. The summed E-state index contributed by atoms with van der Waals surface area (Å²) in [4.78, 5) is 16.8. The van der Waals surface area contributed by atoms with Crippen molar-refractivity contribution in [2.45, 2.75) is 13.3 Å². The van der Waals surface area contributed by atoms with Crippen LogP contribution in [0, 0.1) is 0 Å². The van der Waals surface area contributed by atoms with E-state index in [0.717, 1.165) is 10.6 Å². The van der Waals surface area contributed by atoms with Crippen molar-refractivity contribution in [1.82, 2.24) is 4.98 Å². The van der Waals surface area contributed by atoms with Crippen LogP contribution in [0.2, 0.25) is 5.02 Å². The number of carbonyl (C=O) groups is 1. The first-order valence-corrected chi connectivity index (χ1v) is 9.14. The van der Waals surface area contributed by atoms with E-state index in [0.29, 0.717) is 28.8 Å². The molecule has 128 valence electrons. The van der Waals surface area contributed by atoms with Gasteiger partial charge in [-0.1, -0.05) is 41.9 Å². The van der Waals surface area contributed by atoms with Crippen LogP contribution in [-0.2, 0) is 11.2 Å². The number of carbonyl (C=O) groups excluding carboxylic acids is 1. The number of amides is 1. The minimum Gasteiger partial charge on any atom is -0.492 e. The molecule has 4 nitrogen and oxygen atoms in total. The molecular weight excluding hydrogens is 356 g/mol. The molecule has 6 heteroatoms. The largest absolute Gasteiger partial charge is 0.492 e. The number of ether oxygens (including phenoxy) is 1. The van der Waals surface area contributed by atoms with E-state index < -0.39 is 0 Å². The molecule has 2 aromatic carbocycles. The summed E-state index contributed by atoms with van der Waals surface area (Å²) in [5.74, 6) is 0.525. The van der Waals surface area contributed by atoms with E-state index in [2.05, 4.69) is 10.3 Å². The van der Waals surface area contributed by atoms with Crippen molar-refractivity contribution in [3.05, 3.63) is 64.6 Å². The number of halogens is 1. The lowest BCUT2D eigenvalue weighted by Gasteiger charge is -2.10. The Hall–Kier alpha value is -2.37. The molecule has 1 N–H and O–H groups in total. The molecule has 0 radical (unpaired) electrons. The van der Waals surface area contributed by atoms with E-state index in [-0.39, 0.29) is 12.3 Å². The lowest BCUT2D eigenvalue weighted by molar-refractivity contribution is -0.115. The number of anilines is 1. The second-order valence-electron chi connectivity index (χ2n) is 5.28. The Bertz CT molecular complexity index is 879. The average Bonchev–Trinajstić information content (AvgIpc) is 3.05. The zero-order chi connectivity index (χ0) is 17.6. The fraction of sp³-hybridized carbons (Fsp3) is 0.158. The molecule has 3 aromatic rings. The SMILES string of the molecule is CCOc1ccccc1NC(=O)Cc1csc(-c2ccccc2Cl)n1. The number of thiazole rings is 1. The maximum absolute atomic E-state index is 12.3. The van der Waals surface area contributed by atoms with Gasteiger partial charge in [-0.15, -0.1) is 11.3 Å². The standard InChI is InChI=1S/C19H17ClN2O2S/c1-2-24-17-10-6-5-9-16(17)22-18(23)11-13-12-25-19(21-13)14-7-3-4-8-15(14)20/h3-10,12H,2,11H2,1H3,(H,22,23). The third-order valence-electron chi connectivity index (χ3n) is 3.46. The maximum Gasteiger partial charge on any atom is 0.230 e. The molecule has 0 spiro atoms. The Morgan fingerprint density at radius 2 is 1.96 bits per heavy atom. The number of para-hydroxylation sites is 2. The van der Waals surface area contributed by atoms with Crippen LogP contribution in [0.15, 0.2) is 53.9 Å². The van der Waals surface area contributed by atoms with Crippen molar-refractivity contribution in [3.8, 4) is 16.3 Å². The van der Waals surface area contributed by atoms with Crippen molar-refractivity contribution in [3.63, 3.8) is 0 Å². The molecule has 1 heterocycles. The Labute approximate surface area is 155 Å². The van der Waals surface area contributed by atoms with Crippen LogP contribution in [0.1, 0.15) is 12.6 Å². The van der Waals surface area contributed by atoms with Gasteiger partial charge in [0.2, 0.25) is 5.91 Å². The Kier molecular flexibility index (Phi) is 5.68. The quantitative estimate of drug-likeness (QED) is 0.659. The number of hydrogen-bond donors (Lipinski definition) is 1. The molecule has 0 aliphatic rings. The van der Waals surface area contributed by atoms with E-state index in [1.54, 1.807) is 0 Å². The number of nitrogens with zero attached hydrogens (tertiary/aromatic N) is 1. The van der Waals surface area contributed by atoms with Crippen LogP contribution in [-0.4, -0.2) is 17.5 Å². The van der Waals surface area contributed by atoms with Gasteiger partial charge in [0.1, 0.15) is 10.8 Å². The van der Waals surface area contributed by atoms with Gasteiger partial charge in [0.05, 0.1) is 29.4 Å². The number of aromatic nitrogens is 1. The molecular formula is C19H17ClN2O2S. The highest BCUT2D eigenvalue weighted by molar-refractivity contribution is 7.13. The molecule has 25 heavy (non-hydrogen) atoms. The Morgan fingerprint density at radius 1 is 1.20 bits per heavy atom. The fourth-order valence-corrected chi connectivity index (χ4v) is 3.50. The third kappa shape index (κ3) is 4.38. The first-order chi connectivity index (χ1) is 12.2. The van der Waals surface area contributed by atoms with E-state index in [1.807, 2.05) is 60.8 Å². The second kappa shape index (κ2) is 8.14. The maximum atomic E-state index is 12.3. The molecule has 1 amide bonds. The summed E-state index contributed by atoms with van der Waals surface area (Å²) in [5, 5.41) is 6.22. The van der Waals surface area contributed by atoms with E-state index >= 15 is 0 Å². The monoisotopic (exact) mass is 372 g/mol. The van der Waals surface area contributed by atoms with Gasteiger partial charge < -0.3 is 10.1 Å². The number of hydrogen-bond acceptors (Lipinski definition) is 4. The minimum atomic E-state index is -0.136. The van der Waals surface area contributed by atoms with Crippen molar-refractivity contribution in [2.24, 2.45) is 0 Å². The summed E-state index contributed by atoms with van der Waals surface area (Å²) in [7, 11) is 0. The van der Waals surface area contributed by atoms with Crippen molar-refractivity contribution < 1.29 is 9.53 Å². The number of nitrogens with one attached hydrogen (secondary N) is 1. The first-order valence-electron chi connectivity index (χ1n) is 7.88. The highest BCUT2D eigenvalue weighted by Gasteiger charge is 2.12. The lowest BCUT2D eigenvalue weighted by atomic mass is 10.2. The molecule has 0 saturated heterocycles. The zero-order valence-electron chi connectivity index (χ0n) is 13.7. The molecule has 3 rings (SSSR count). The summed E-state index contributed by atoms with van der Waals surface area (Å²) in [6.07, 6.45) is 0.196. The Morgan fingerprint density at radius 3 is 2.76 bits per heavy atom. The minimum absolute atomic E-state index is 0.136. The van der Waals surface area contributed by atoms with E-state index in [4.69, 9.17) is 16.3 Å². The highest BCUT2D eigenvalue weighted by atomic mass is 35.5. The molecule has 0 fully saturated rings. The molecule has 0 unspecified atom stereocenters.